The Morgan fingerprint density at radius 3 is 2.58 bits per heavy atom. The fraction of sp³-hybridized carbons (Fsp3) is 0.0833. The molecule has 0 aliphatic carbocycles. The lowest BCUT2D eigenvalue weighted by Crippen LogP contribution is -2.24. The molecule has 0 N–H and O–H groups in total. The molecule has 0 saturated carbocycles. The number of methoxy groups -OCH3 is 1. The van der Waals surface area contributed by atoms with Gasteiger partial charge >= 0.3 is 5.97 Å². The predicted molar refractivity (Wildman–Crippen MR) is 66.1 cm³/mol. The van der Waals surface area contributed by atoms with Crippen LogP contribution in [0.3, 0.4) is 0 Å². The van der Waals surface area contributed by atoms with Gasteiger partial charge in [0.05, 0.1) is 17.8 Å². The van der Waals surface area contributed by atoms with Gasteiger partial charge in [-0.15, -0.1) is 0 Å². The molecule has 5 nitrogen and oxygen atoms in total. The third-order valence-electron chi connectivity index (χ3n) is 2.34. The van der Waals surface area contributed by atoms with Gasteiger partial charge in [-0.25, -0.2) is 9.18 Å². The van der Waals surface area contributed by atoms with Crippen LogP contribution in [0.5, 0.6) is 0 Å². The molecule has 0 unspecified atom stereocenters. The smallest absolute Gasteiger partial charge is 0.360 e. The van der Waals surface area contributed by atoms with E-state index in [4.69, 9.17) is 11.6 Å². The lowest BCUT2D eigenvalue weighted by Gasteiger charge is -2.07. The second-order valence-corrected chi connectivity index (χ2v) is 3.97. The van der Waals surface area contributed by atoms with E-state index in [0.29, 0.717) is 5.69 Å². The van der Waals surface area contributed by atoms with E-state index in [1.807, 2.05) is 0 Å². The number of benzene rings is 1. The molecule has 0 bridgehead atoms. The van der Waals surface area contributed by atoms with Crippen molar-refractivity contribution in [2.24, 2.45) is 0 Å². The first kappa shape index (κ1) is 13.2. The Labute approximate surface area is 112 Å². The topological polar surface area (TPSA) is 61.2 Å². The zero-order valence-corrected chi connectivity index (χ0v) is 10.5. The zero-order valence-electron chi connectivity index (χ0n) is 9.76. The van der Waals surface area contributed by atoms with Crippen molar-refractivity contribution in [3.8, 4) is 5.69 Å². The summed E-state index contributed by atoms with van der Waals surface area (Å²) in [6.45, 7) is 0. The summed E-state index contributed by atoms with van der Waals surface area (Å²) >= 11 is 5.75. The molecule has 98 valence electrons. The van der Waals surface area contributed by atoms with Gasteiger partial charge in [0.15, 0.2) is 5.69 Å². The molecule has 0 amide bonds. The molecule has 0 radical (unpaired) electrons. The molecular formula is C12H8ClFN2O3. The monoisotopic (exact) mass is 282 g/mol. The van der Waals surface area contributed by atoms with E-state index in [1.165, 1.54) is 31.4 Å². The third-order valence-corrected chi connectivity index (χ3v) is 2.62. The van der Waals surface area contributed by atoms with Crippen molar-refractivity contribution in [3.63, 3.8) is 0 Å². The number of esters is 1. The van der Waals surface area contributed by atoms with E-state index in [0.717, 1.165) is 10.7 Å². The maximum Gasteiger partial charge on any atom is 0.360 e. The van der Waals surface area contributed by atoms with Gasteiger partial charge in [-0.3, -0.25) is 4.79 Å². The van der Waals surface area contributed by atoms with Crippen LogP contribution < -0.4 is 5.56 Å². The van der Waals surface area contributed by atoms with E-state index < -0.39 is 17.3 Å². The van der Waals surface area contributed by atoms with Crippen LogP contribution in [0.1, 0.15) is 10.5 Å². The Kier molecular flexibility index (Phi) is 3.62. The van der Waals surface area contributed by atoms with Crippen LogP contribution >= 0.6 is 11.6 Å². The van der Waals surface area contributed by atoms with E-state index in [9.17, 15) is 14.0 Å². The first-order chi connectivity index (χ1) is 9.02. The van der Waals surface area contributed by atoms with Gasteiger partial charge in [0.1, 0.15) is 5.82 Å². The molecule has 0 atom stereocenters. The second-order valence-electron chi connectivity index (χ2n) is 3.56. The summed E-state index contributed by atoms with van der Waals surface area (Å²) in [6, 6.07) is 6.12. The van der Waals surface area contributed by atoms with Crippen molar-refractivity contribution in [2.45, 2.75) is 0 Å². The number of nitrogens with zero attached hydrogens (tertiary/aromatic N) is 2. The van der Waals surface area contributed by atoms with Gasteiger partial charge in [0.25, 0.3) is 5.56 Å². The third kappa shape index (κ3) is 2.63. The average Bonchev–Trinajstić information content (AvgIpc) is 2.39. The minimum Gasteiger partial charge on any atom is -0.464 e. The van der Waals surface area contributed by atoms with E-state index in [1.54, 1.807) is 0 Å². The number of carbonyl (C=O) groups is 1. The van der Waals surface area contributed by atoms with Gasteiger partial charge in [-0.2, -0.15) is 9.78 Å². The van der Waals surface area contributed by atoms with Crippen molar-refractivity contribution in [2.75, 3.05) is 7.11 Å². The van der Waals surface area contributed by atoms with Crippen LogP contribution in [-0.4, -0.2) is 22.9 Å². The second kappa shape index (κ2) is 5.19. The fourth-order valence-electron chi connectivity index (χ4n) is 1.44. The van der Waals surface area contributed by atoms with E-state index in [2.05, 4.69) is 9.84 Å². The van der Waals surface area contributed by atoms with Gasteiger partial charge in [0.2, 0.25) is 0 Å². The van der Waals surface area contributed by atoms with Crippen molar-refractivity contribution >= 4 is 17.6 Å². The fourth-order valence-corrected chi connectivity index (χ4v) is 1.65. The van der Waals surface area contributed by atoms with Crippen LogP contribution in [0.2, 0.25) is 5.02 Å². The standard InChI is InChI=1S/C12H8ClFN2O3/c1-19-12(18)11-9(13)6-10(17)16(15-11)8-4-2-7(14)3-5-8/h2-6H,1H3. The molecule has 0 aliphatic heterocycles. The Morgan fingerprint density at radius 1 is 1.37 bits per heavy atom. The number of aromatic nitrogens is 2. The molecule has 7 heteroatoms. The van der Waals surface area contributed by atoms with Crippen molar-refractivity contribution in [3.05, 3.63) is 57.2 Å². The number of halogens is 2. The quantitative estimate of drug-likeness (QED) is 0.788. The number of carbonyl (C=O) groups excluding carboxylic acids is 1. The lowest BCUT2D eigenvalue weighted by atomic mass is 10.3. The Bertz CT molecular complexity index is 682. The summed E-state index contributed by atoms with van der Waals surface area (Å²) in [5.74, 6) is -1.21. The summed E-state index contributed by atoms with van der Waals surface area (Å²) in [4.78, 5) is 23.2. The Morgan fingerprint density at radius 2 is 2.00 bits per heavy atom. The van der Waals surface area contributed by atoms with Crippen LogP contribution in [0.15, 0.2) is 35.1 Å². The Hall–Kier alpha value is -2.21. The number of hydrogen-bond acceptors (Lipinski definition) is 4. The van der Waals surface area contributed by atoms with Gasteiger partial charge in [-0.1, -0.05) is 11.6 Å². The van der Waals surface area contributed by atoms with Crippen molar-refractivity contribution < 1.29 is 13.9 Å². The molecule has 0 aliphatic rings. The highest BCUT2D eigenvalue weighted by atomic mass is 35.5. The van der Waals surface area contributed by atoms with Crippen LogP contribution in [0.4, 0.5) is 4.39 Å². The molecule has 19 heavy (non-hydrogen) atoms. The summed E-state index contributed by atoms with van der Waals surface area (Å²) in [5, 5.41) is 3.72. The highest BCUT2D eigenvalue weighted by molar-refractivity contribution is 6.33. The normalized spacial score (nSPS) is 10.3. The summed E-state index contributed by atoms with van der Waals surface area (Å²) in [6.07, 6.45) is 0. The first-order valence-electron chi connectivity index (χ1n) is 5.17. The number of rotatable bonds is 2. The maximum atomic E-state index is 12.8. The molecule has 1 heterocycles. The summed E-state index contributed by atoms with van der Waals surface area (Å²) < 4.78 is 18.3. The predicted octanol–water partition coefficient (Wildman–Crippen LogP) is 1.81. The van der Waals surface area contributed by atoms with Crippen LogP contribution in [0, 0.1) is 5.82 Å². The molecule has 0 spiro atoms. The highest BCUT2D eigenvalue weighted by Gasteiger charge is 2.16. The largest absolute Gasteiger partial charge is 0.464 e. The van der Waals surface area contributed by atoms with Crippen LogP contribution in [0.25, 0.3) is 5.69 Å². The van der Waals surface area contributed by atoms with Crippen LogP contribution in [-0.2, 0) is 4.74 Å². The molecular weight excluding hydrogens is 275 g/mol. The van der Waals surface area contributed by atoms with E-state index >= 15 is 0 Å². The molecule has 2 rings (SSSR count). The number of hydrogen-bond donors (Lipinski definition) is 0. The zero-order chi connectivity index (χ0) is 14.0. The summed E-state index contributed by atoms with van der Waals surface area (Å²) in [5.41, 5.74) is -0.412. The molecule has 2 aromatic rings. The Balaban J connectivity index is 2.60. The van der Waals surface area contributed by atoms with Crippen molar-refractivity contribution in [1.29, 1.82) is 0 Å². The molecule has 0 fully saturated rings. The van der Waals surface area contributed by atoms with E-state index in [-0.39, 0.29) is 10.7 Å². The van der Waals surface area contributed by atoms with Gasteiger partial charge in [0, 0.05) is 6.07 Å². The van der Waals surface area contributed by atoms with Crippen molar-refractivity contribution in [1.82, 2.24) is 9.78 Å². The molecule has 0 saturated heterocycles. The van der Waals surface area contributed by atoms with Gasteiger partial charge in [-0.05, 0) is 24.3 Å². The first-order valence-corrected chi connectivity index (χ1v) is 5.55. The molecule has 1 aromatic heterocycles. The lowest BCUT2D eigenvalue weighted by molar-refractivity contribution is 0.0592. The minimum atomic E-state index is -0.763. The molecule has 1 aromatic carbocycles. The minimum absolute atomic E-state index is 0.102. The summed E-state index contributed by atoms with van der Waals surface area (Å²) in [7, 11) is 1.17. The highest BCUT2D eigenvalue weighted by Crippen LogP contribution is 2.13. The number of ether oxygens (including phenoxy) is 1. The maximum absolute atomic E-state index is 12.8. The SMILES string of the molecule is COC(=O)c1nn(-c2ccc(F)cc2)c(=O)cc1Cl. The average molecular weight is 283 g/mol. The van der Waals surface area contributed by atoms with Gasteiger partial charge < -0.3 is 4.74 Å².